The van der Waals surface area contributed by atoms with Crippen molar-refractivity contribution in [2.24, 2.45) is 0 Å². The molecule has 0 spiro atoms. The highest BCUT2D eigenvalue weighted by atomic mass is 35.5. The number of hydrogen-bond donors (Lipinski definition) is 1. The third-order valence-electron chi connectivity index (χ3n) is 5.13. The molecule has 1 aliphatic heterocycles. The molecule has 4 nitrogen and oxygen atoms in total. The van der Waals surface area contributed by atoms with Crippen LogP contribution in [0.3, 0.4) is 0 Å². The molecule has 0 saturated carbocycles. The standard InChI is InChI=1S/C23H18Cl2N2O2/c24-19-12-7-13-20(25)18(19)15-27-21(28)23(26-22(27)29,17-10-5-2-6-11-17)14-16-8-3-1-4-9-16/h1-13H,14-15H2,(H,26,29). The van der Waals surface area contributed by atoms with Crippen LogP contribution in [0.5, 0.6) is 0 Å². The van der Waals surface area contributed by atoms with Gasteiger partial charge in [0.2, 0.25) is 0 Å². The fourth-order valence-electron chi connectivity index (χ4n) is 3.65. The Bertz CT molecular complexity index is 1040. The van der Waals surface area contributed by atoms with Gasteiger partial charge in [-0.05, 0) is 23.3 Å². The second-order valence-electron chi connectivity index (χ2n) is 6.96. The van der Waals surface area contributed by atoms with Crippen LogP contribution in [0, 0.1) is 0 Å². The molecule has 1 fully saturated rings. The summed E-state index contributed by atoms with van der Waals surface area (Å²) in [7, 11) is 0. The molecule has 0 aromatic heterocycles. The Morgan fingerprint density at radius 1 is 0.793 bits per heavy atom. The summed E-state index contributed by atoms with van der Waals surface area (Å²) < 4.78 is 0. The molecule has 0 aliphatic carbocycles. The van der Waals surface area contributed by atoms with Gasteiger partial charge in [0.05, 0.1) is 6.54 Å². The quantitative estimate of drug-likeness (QED) is 0.573. The van der Waals surface area contributed by atoms with Crippen LogP contribution in [0.1, 0.15) is 16.7 Å². The molecule has 1 saturated heterocycles. The van der Waals surface area contributed by atoms with Crippen molar-refractivity contribution in [2.75, 3.05) is 0 Å². The van der Waals surface area contributed by atoms with Crippen LogP contribution in [0.25, 0.3) is 0 Å². The maximum absolute atomic E-state index is 13.6. The number of nitrogens with zero attached hydrogens (tertiary/aromatic N) is 1. The highest BCUT2D eigenvalue weighted by Crippen LogP contribution is 2.35. The number of rotatable bonds is 5. The number of benzene rings is 3. The van der Waals surface area contributed by atoms with Crippen molar-refractivity contribution in [1.29, 1.82) is 0 Å². The number of halogens is 2. The monoisotopic (exact) mass is 424 g/mol. The normalized spacial score (nSPS) is 18.8. The summed E-state index contributed by atoms with van der Waals surface area (Å²) in [4.78, 5) is 27.7. The molecule has 6 heteroatoms. The molecule has 3 amide bonds. The van der Waals surface area contributed by atoms with Gasteiger partial charge in [-0.25, -0.2) is 4.79 Å². The third kappa shape index (κ3) is 3.61. The molecule has 0 radical (unpaired) electrons. The lowest BCUT2D eigenvalue weighted by Gasteiger charge is -2.27. The fraction of sp³-hybridized carbons (Fsp3) is 0.130. The molecular formula is C23H18Cl2N2O2. The van der Waals surface area contributed by atoms with Crippen LogP contribution < -0.4 is 5.32 Å². The average Bonchev–Trinajstić information content (AvgIpc) is 2.97. The largest absolute Gasteiger partial charge is 0.325 e. The maximum Gasteiger partial charge on any atom is 0.325 e. The summed E-state index contributed by atoms with van der Waals surface area (Å²) in [6, 6.07) is 23.6. The number of carbonyl (C=O) groups excluding carboxylic acids is 2. The lowest BCUT2D eigenvalue weighted by molar-refractivity contribution is -0.132. The molecule has 29 heavy (non-hydrogen) atoms. The number of amides is 3. The summed E-state index contributed by atoms with van der Waals surface area (Å²) >= 11 is 12.5. The molecular weight excluding hydrogens is 407 g/mol. The Morgan fingerprint density at radius 2 is 1.38 bits per heavy atom. The minimum absolute atomic E-state index is 0.00649. The van der Waals surface area contributed by atoms with E-state index in [1.54, 1.807) is 18.2 Å². The van der Waals surface area contributed by atoms with Crippen molar-refractivity contribution in [3.05, 3.63) is 106 Å². The minimum Gasteiger partial charge on any atom is -0.319 e. The lowest BCUT2D eigenvalue weighted by atomic mass is 9.83. The van der Waals surface area contributed by atoms with Gasteiger partial charge in [0.15, 0.2) is 5.54 Å². The molecule has 4 rings (SSSR count). The first-order valence-corrected chi connectivity index (χ1v) is 9.93. The van der Waals surface area contributed by atoms with Crippen LogP contribution in [0.4, 0.5) is 4.79 Å². The number of imide groups is 1. The van der Waals surface area contributed by atoms with E-state index in [4.69, 9.17) is 23.2 Å². The molecule has 1 aliphatic rings. The van der Waals surface area contributed by atoms with Gasteiger partial charge in [0, 0.05) is 22.0 Å². The topological polar surface area (TPSA) is 49.4 Å². The number of nitrogens with one attached hydrogen (secondary N) is 1. The Morgan fingerprint density at radius 3 is 2.00 bits per heavy atom. The first-order chi connectivity index (χ1) is 14.0. The van der Waals surface area contributed by atoms with E-state index in [9.17, 15) is 9.59 Å². The zero-order valence-corrected chi connectivity index (χ0v) is 17.0. The van der Waals surface area contributed by atoms with Gasteiger partial charge < -0.3 is 5.32 Å². The van der Waals surface area contributed by atoms with E-state index in [0.29, 0.717) is 22.0 Å². The zero-order chi connectivity index (χ0) is 20.4. The van der Waals surface area contributed by atoms with Gasteiger partial charge in [-0.1, -0.05) is 89.9 Å². The summed E-state index contributed by atoms with van der Waals surface area (Å²) in [6.45, 7) is 0.00649. The van der Waals surface area contributed by atoms with Crippen molar-refractivity contribution in [3.63, 3.8) is 0 Å². The van der Waals surface area contributed by atoms with E-state index in [1.165, 1.54) is 4.90 Å². The number of carbonyl (C=O) groups is 2. The van der Waals surface area contributed by atoms with Gasteiger partial charge in [0.25, 0.3) is 5.91 Å². The zero-order valence-electron chi connectivity index (χ0n) is 15.4. The number of hydrogen-bond acceptors (Lipinski definition) is 2. The predicted molar refractivity (Wildman–Crippen MR) is 114 cm³/mol. The van der Waals surface area contributed by atoms with Crippen molar-refractivity contribution in [1.82, 2.24) is 10.2 Å². The van der Waals surface area contributed by atoms with Crippen molar-refractivity contribution in [2.45, 2.75) is 18.5 Å². The van der Waals surface area contributed by atoms with E-state index in [2.05, 4.69) is 5.32 Å². The summed E-state index contributed by atoms with van der Waals surface area (Å²) in [5.41, 5.74) is 1.04. The van der Waals surface area contributed by atoms with Gasteiger partial charge in [-0.2, -0.15) is 0 Å². The summed E-state index contributed by atoms with van der Waals surface area (Å²) in [6.07, 6.45) is 0.342. The van der Waals surface area contributed by atoms with Gasteiger partial charge in [-0.3, -0.25) is 9.69 Å². The van der Waals surface area contributed by atoms with Gasteiger partial charge in [0.1, 0.15) is 0 Å². The first-order valence-electron chi connectivity index (χ1n) is 9.18. The molecule has 3 aromatic carbocycles. The Hall–Kier alpha value is -2.82. The number of urea groups is 1. The minimum atomic E-state index is -1.19. The highest BCUT2D eigenvalue weighted by molar-refractivity contribution is 6.36. The second kappa shape index (κ2) is 7.90. The molecule has 1 heterocycles. The molecule has 146 valence electrons. The predicted octanol–water partition coefficient (Wildman–Crippen LogP) is 5.18. The van der Waals surface area contributed by atoms with E-state index < -0.39 is 11.6 Å². The highest BCUT2D eigenvalue weighted by Gasteiger charge is 2.52. The molecule has 1 unspecified atom stereocenters. The van der Waals surface area contributed by atoms with Crippen LogP contribution in [0.2, 0.25) is 10.0 Å². The van der Waals surface area contributed by atoms with Crippen LogP contribution >= 0.6 is 23.2 Å². The van der Waals surface area contributed by atoms with E-state index >= 15 is 0 Å². The SMILES string of the molecule is O=C1NC(Cc2ccccc2)(c2ccccc2)C(=O)N1Cc1c(Cl)cccc1Cl. The maximum atomic E-state index is 13.6. The van der Waals surface area contributed by atoms with Crippen molar-refractivity contribution < 1.29 is 9.59 Å². The fourth-order valence-corrected chi connectivity index (χ4v) is 4.17. The first kappa shape index (κ1) is 19.5. The van der Waals surface area contributed by atoms with Gasteiger partial charge in [-0.15, -0.1) is 0 Å². The van der Waals surface area contributed by atoms with Crippen molar-refractivity contribution >= 4 is 35.1 Å². The van der Waals surface area contributed by atoms with Gasteiger partial charge >= 0.3 is 6.03 Å². The van der Waals surface area contributed by atoms with Crippen LogP contribution in [-0.2, 0) is 23.3 Å². The Kier molecular flexibility index (Phi) is 5.31. The van der Waals surface area contributed by atoms with E-state index in [1.807, 2.05) is 60.7 Å². The molecule has 1 N–H and O–H groups in total. The second-order valence-corrected chi connectivity index (χ2v) is 7.77. The van der Waals surface area contributed by atoms with E-state index in [-0.39, 0.29) is 12.5 Å². The molecule has 3 aromatic rings. The Labute approximate surface area is 179 Å². The van der Waals surface area contributed by atoms with Crippen LogP contribution in [0.15, 0.2) is 78.9 Å². The summed E-state index contributed by atoms with van der Waals surface area (Å²) in [5, 5.41) is 3.77. The van der Waals surface area contributed by atoms with Crippen molar-refractivity contribution in [3.8, 4) is 0 Å². The Balaban J connectivity index is 1.75. The van der Waals surface area contributed by atoms with Crippen LogP contribution in [-0.4, -0.2) is 16.8 Å². The average molecular weight is 425 g/mol. The molecule has 1 atom stereocenters. The lowest BCUT2D eigenvalue weighted by Crippen LogP contribution is -2.46. The third-order valence-corrected chi connectivity index (χ3v) is 5.84. The molecule has 0 bridgehead atoms. The summed E-state index contributed by atoms with van der Waals surface area (Å²) in [5.74, 6) is -0.325. The van der Waals surface area contributed by atoms with E-state index in [0.717, 1.165) is 11.1 Å². The smallest absolute Gasteiger partial charge is 0.319 e.